The maximum atomic E-state index is 9.69. The highest BCUT2D eigenvalue weighted by Gasteiger charge is 2.37. The molecule has 5 nitrogen and oxygen atoms in total. The van der Waals surface area contributed by atoms with Gasteiger partial charge in [-0.05, 0) is 32.4 Å². The first-order valence-corrected chi connectivity index (χ1v) is 6.25. The highest BCUT2D eigenvalue weighted by molar-refractivity contribution is 4.92. The van der Waals surface area contributed by atoms with Crippen molar-refractivity contribution in [2.24, 2.45) is 5.73 Å². The van der Waals surface area contributed by atoms with Crippen LogP contribution < -0.4 is 5.73 Å². The number of nitrogens with zero attached hydrogens (tertiary/aromatic N) is 2. The standard InChI is InChI=1S/C11H23N3O2/c12-11(13-3-1-2-4-13)10-7-9(16)8-14(10)5-6-15/h9-11,15-16H,1-8,12H2/t9-,10+,11?/m1/s1. The van der Waals surface area contributed by atoms with Crippen LogP contribution in [0.5, 0.6) is 0 Å². The number of β-amino-alcohol motifs (C(OH)–C–C–N with tert-alkyl or cyclic N) is 2. The Labute approximate surface area is 96.8 Å². The Balaban J connectivity index is 1.94. The molecule has 1 unspecified atom stereocenters. The quantitative estimate of drug-likeness (QED) is 0.564. The van der Waals surface area contributed by atoms with E-state index in [-0.39, 0.29) is 24.9 Å². The molecule has 0 aromatic rings. The number of hydrogen-bond acceptors (Lipinski definition) is 5. The molecular formula is C11H23N3O2. The van der Waals surface area contributed by atoms with E-state index in [0.29, 0.717) is 13.1 Å². The van der Waals surface area contributed by atoms with Gasteiger partial charge >= 0.3 is 0 Å². The number of aliphatic hydroxyl groups is 2. The Morgan fingerprint density at radius 1 is 1.31 bits per heavy atom. The summed E-state index contributed by atoms with van der Waals surface area (Å²) in [5.74, 6) is 0. The van der Waals surface area contributed by atoms with Crippen LogP contribution in [0.25, 0.3) is 0 Å². The van der Waals surface area contributed by atoms with Gasteiger partial charge in [0.25, 0.3) is 0 Å². The van der Waals surface area contributed by atoms with Gasteiger partial charge in [-0.2, -0.15) is 0 Å². The lowest BCUT2D eigenvalue weighted by Gasteiger charge is -2.34. The number of hydrogen-bond donors (Lipinski definition) is 3. The molecule has 94 valence electrons. The minimum atomic E-state index is -0.287. The first kappa shape index (κ1) is 12.3. The van der Waals surface area contributed by atoms with Crippen LogP contribution in [0.2, 0.25) is 0 Å². The van der Waals surface area contributed by atoms with E-state index >= 15 is 0 Å². The zero-order valence-corrected chi connectivity index (χ0v) is 9.76. The number of nitrogens with two attached hydrogens (primary N) is 1. The Kier molecular flexibility index (Phi) is 4.16. The number of likely N-dealkylation sites (tertiary alicyclic amines) is 2. The fraction of sp³-hybridized carbons (Fsp3) is 1.00. The van der Waals surface area contributed by atoms with Gasteiger partial charge in [0.15, 0.2) is 0 Å². The van der Waals surface area contributed by atoms with Gasteiger partial charge in [0.1, 0.15) is 0 Å². The third-order valence-corrected chi connectivity index (χ3v) is 3.77. The summed E-state index contributed by atoms with van der Waals surface area (Å²) in [6.45, 7) is 3.54. The summed E-state index contributed by atoms with van der Waals surface area (Å²) in [5, 5.41) is 18.7. The van der Waals surface area contributed by atoms with Crippen LogP contribution in [-0.4, -0.2) is 71.1 Å². The molecule has 2 aliphatic heterocycles. The molecule has 2 aliphatic rings. The Bertz CT molecular complexity index is 221. The lowest BCUT2D eigenvalue weighted by molar-refractivity contribution is 0.107. The molecule has 2 saturated heterocycles. The number of rotatable bonds is 4. The lowest BCUT2D eigenvalue weighted by Crippen LogP contribution is -2.54. The van der Waals surface area contributed by atoms with Gasteiger partial charge in [0, 0.05) is 19.1 Å². The summed E-state index contributed by atoms with van der Waals surface area (Å²) in [4.78, 5) is 4.42. The second-order valence-electron chi connectivity index (χ2n) is 4.91. The monoisotopic (exact) mass is 229 g/mol. The predicted molar refractivity (Wildman–Crippen MR) is 61.9 cm³/mol. The summed E-state index contributed by atoms with van der Waals surface area (Å²) in [7, 11) is 0. The average Bonchev–Trinajstić information content (AvgIpc) is 2.87. The minimum Gasteiger partial charge on any atom is -0.395 e. The van der Waals surface area contributed by atoms with Crippen molar-refractivity contribution in [1.29, 1.82) is 0 Å². The maximum Gasteiger partial charge on any atom is 0.0733 e. The normalized spacial score (nSPS) is 34.7. The molecule has 4 N–H and O–H groups in total. The molecule has 0 aliphatic carbocycles. The van der Waals surface area contributed by atoms with E-state index in [1.54, 1.807) is 0 Å². The van der Waals surface area contributed by atoms with Crippen molar-refractivity contribution in [1.82, 2.24) is 9.80 Å². The highest BCUT2D eigenvalue weighted by Crippen LogP contribution is 2.23. The van der Waals surface area contributed by atoms with Crippen molar-refractivity contribution in [2.45, 2.75) is 37.6 Å². The summed E-state index contributed by atoms with van der Waals surface area (Å²) in [6.07, 6.45) is 2.90. The van der Waals surface area contributed by atoms with Gasteiger partial charge < -0.3 is 15.9 Å². The van der Waals surface area contributed by atoms with Gasteiger partial charge in [-0.25, -0.2) is 0 Å². The predicted octanol–water partition coefficient (Wildman–Crippen LogP) is -1.21. The van der Waals surface area contributed by atoms with E-state index < -0.39 is 0 Å². The summed E-state index contributed by atoms with van der Waals surface area (Å²) < 4.78 is 0. The summed E-state index contributed by atoms with van der Waals surface area (Å²) in [5.41, 5.74) is 6.26. The Morgan fingerprint density at radius 2 is 2.00 bits per heavy atom. The second kappa shape index (κ2) is 5.42. The molecule has 16 heavy (non-hydrogen) atoms. The molecule has 3 atom stereocenters. The van der Waals surface area contributed by atoms with Crippen LogP contribution in [-0.2, 0) is 0 Å². The molecule has 0 bridgehead atoms. The molecule has 5 heteroatoms. The Morgan fingerprint density at radius 3 is 2.62 bits per heavy atom. The fourth-order valence-corrected chi connectivity index (χ4v) is 2.93. The van der Waals surface area contributed by atoms with Gasteiger partial charge in [-0.3, -0.25) is 9.80 Å². The molecule has 2 rings (SSSR count). The fourth-order valence-electron chi connectivity index (χ4n) is 2.93. The van der Waals surface area contributed by atoms with Gasteiger partial charge in [0.05, 0.1) is 18.9 Å². The van der Waals surface area contributed by atoms with Crippen LogP contribution in [0, 0.1) is 0 Å². The topological polar surface area (TPSA) is 73.0 Å². The first-order valence-electron chi connectivity index (χ1n) is 6.25. The van der Waals surface area contributed by atoms with Crippen LogP contribution in [0.3, 0.4) is 0 Å². The van der Waals surface area contributed by atoms with E-state index in [2.05, 4.69) is 9.80 Å². The smallest absolute Gasteiger partial charge is 0.0733 e. The molecule has 2 fully saturated rings. The second-order valence-corrected chi connectivity index (χ2v) is 4.91. The molecule has 0 aromatic heterocycles. The summed E-state index contributed by atoms with van der Waals surface area (Å²) in [6, 6.07) is 0.195. The van der Waals surface area contributed by atoms with Crippen molar-refractivity contribution in [3.05, 3.63) is 0 Å². The molecule has 0 amide bonds. The van der Waals surface area contributed by atoms with Crippen molar-refractivity contribution < 1.29 is 10.2 Å². The van der Waals surface area contributed by atoms with E-state index in [1.165, 1.54) is 12.8 Å². The third kappa shape index (κ3) is 2.55. The van der Waals surface area contributed by atoms with Crippen molar-refractivity contribution in [2.75, 3.05) is 32.8 Å². The molecule has 2 heterocycles. The van der Waals surface area contributed by atoms with Gasteiger partial charge in [-0.1, -0.05) is 0 Å². The molecule has 0 radical (unpaired) electrons. The van der Waals surface area contributed by atoms with Crippen molar-refractivity contribution >= 4 is 0 Å². The minimum absolute atomic E-state index is 0.00574. The first-order chi connectivity index (χ1) is 7.72. The van der Waals surface area contributed by atoms with E-state index in [4.69, 9.17) is 10.8 Å². The number of aliphatic hydroxyl groups excluding tert-OH is 2. The molecule has 0 saturated carbocycles. The van der Waals surface area contributed by atoms with Crippen LogP contribution in [0.1, 0.15) is 19.3 Å². The Hall–Kier alpha value is -0.200. The highest BCUT2D eigenvalue weighted by atomic mass is 16.3. The SMILES string of the molecule is NC([C@@H]1C[C@@H](O)CN1CCO)N1CCCC1. The van der Waals surface area contributed by atoms with E-state index in [1.807, 2.05) is 0 Å². The molecule has 0 spiro atoms. The van der Waals surface area contributed by atoms with Crippen molar-refractivity contribution in [3.8, 4) is 0 Å². The maximum absolute atomic E-state index is 9.69. The van der Waals surface area contributed by atoms with Gasteiger partial charge in [0.2, 0.25) is 0 Å². The van der Waals surface area contributed by atoms with Crippen LogP contribution in [0.4, 0.5) is 0 Å². The van der Waals surface area contributed by atoms with E-state index in [9.17, 15) is 5.11 Å². The van der Waals surface area contributed by atoms with Crippen molar-refractivity contribution in [3.63, 3.8) is 0 Å². The lowest BCUT2D eigenvalue weighted by atomic mass is 10.1. The van der Waals surface area contributed by atoms with E-state index in [0.717, 1.165) is 19.5 Å². The largest absolute Gasteiger partial charge is 0.395 e. The van der Waals surface area contributed by atoms with Gasteiger partial charge in [-0.15, -0.1) is 0 Å². The summed E-state index contributed by atoms with van der Waals surface area (Å²) >= 11 is 0. The molecular weight excluding hydrogens is 206 g/mol. The molecule has 0 aromatic carbocycles. The zero-order valence-electron chi connectivity index (χ0n) is 9.76. The zero-order chi connectivity index (χ0) is 11.5. The van der Waals surface area contributed by atoms with Crippen LogP contribution in [0.15, 0.2) is 0 Å². The third-order valence-electron chi connectivity index (χ3n) is 3.77. The average molecular weight is 229 g/mol. The van der Waals surface area contributed by atoms with Crippen LogP contribution >= 0.6 is 0 Å².